The lowest BCUT2D eigenvalue weighted by Gasteiger charge is -2.10. The Morgan fingerprint density at radius 2 is 2.16 bits per heavy atom. The summed E-state index contributed by atoms with van der Waals surface area (Å²) >= 11 is 1.72. The SMILES string of the molecule is CNc1cc(C)ccc1C(=O)NCCc1cccs1. The van der Waals surface area contributed by atoms with E-state index < -0.39 is 0 Å². The van der Waals surface area contributed by atoms with Gasteiger partial charge in [0.2, 0.25) is 0 Å². The van der Waals surface area contributed by atoms with Gasteiger partial charge >= 0.3 is 0 Å². The minimum atomic E-state index is -0.0269. The molecule has 2 aromatic rings. The van der Waals surface area contributed by atoms with Gasteiger partial charge in [0.25, 0.3) is 5.91 Å². The van der Waals surface area contributed by atoms with Gasteiger partial charge in [-0.15, -0.1) is 11.3 Å². The van der Waals surface area contributed by atoms with E-state index >= 15 is 0 Å². The zero-order valence-corrected chi connectivity index (χ0v) is 12.0. The summed E-state index contributed by atoms with van der Waals surface area (Å²) in [6, 6.07) is 9.91. The average molecular weight is 274 g/mol. The van der Waals surface area contributed by atoms with Crippen molar-refractivity contribution in [1.82, 2.24) is 5.32 Å². The van der Waals surface area contributed by atoms with Crippen molar-refractivity contribution in [3.8, 4) is 0 Å². The summed E-state index contributed by atoms with van der Waals surface area (Å²) in [6.07, 6.45) is 0.879. The monoisotopic (exact) mass is 274 g/mol. The van der Waals surface area contributed by atoms with Crippen LogP contribution in [0.15, 0.2) is 35.7 Å². The second kappa shape index (κ2) is 6.38. The Labute approximate surface area is 117 Å². The predicted molar refractivity (Wildman–Crippen MR) is 81.1 cm³/mol. The Balaban J connectivity index is 1.96. The highest BCUT2D eigenvalue weighted by Crippen LogP contribution is 2.17. The third-order valence-corrected chi connectivity index (χ3v) is 3.86. The molecule has 1 amide bonds. The van der Waals surface area contributed by atoms with Crippen LogP contribution < -0.4 is 10.6 Å². The van der Waals surface area contributed by atoms with Gasteiger partial charge in [0.1, 0.15) is 0 Å². The molecule has 0 unspecified atom stereocenters. The van der Waals surface area contributed by atoms with E-state index in [1.165, 1.54) is 4.88 Å². The molecule has 4 heteroatoms. The first-order valence-corrected chi connectivity index (χ1v) is 7.17. The molecule has 100 valence electrons. The van der Waals surface area contributed by atoms with Crippen LogP contribution in [0.2, 0.25) is 0 Å². The zero-order chi connectivity index (χ0) is 13.7. The first kappa shape index (κ1) is 13.6. The first-order chi connectivity index (χ1) is 9.20. The summed E-state index contributed by atoms with van der Waals surface area (Å²) in [5.41, 5.74) is 2.70. The van der Waals surface area contributed by atoms with E-state index in [0.29, 0.717) is 12.1 Å². The Morgan fingerprint density at radius 3 is 2.84 bits per heavy atom. The quantitative estimate of drug-likeness (QED) is 0.879. The van der Waals surface area contributed by atoms with E-state index in [2.05, 4.69) is 22.1 Å². The molecule has 0 saturated carbocycles. The van der Waals surface area contributed by atoms with Crippen LogP contribution in [0.4, 0.5) is 5.69 Å². The van der Waals surface area contributed by atoms with Crippen LogP contribution in [0, 0.1) is 6.92 Å². The van der Waals surface area contributed by atoms with Gasteiger partial charge in [-0.3, -0.25) is 4.79 Å². The number of carbonyl (C=O) groups is 1. The van der Waals surface area contributed by atoms with Crippen LogP contribution in [0.5, 0.6) is 0 Å². The number of carbonyl (C=O) groups excluding carboxylic acids is 1. The Morgan fingerprint density at radius 1 is 1.32 bits per heavy atom. The molecule has 0 saturated heterocycles. The molecule has 0 atom stereocenters. The van der Waals surface area contributed by atoms with Crippen LogP contribution in [0.1, 0.15) is 20.8 Å². The van der Waals surface area contributed by atoms with Crippen molar-refractivity contribution >= 4 is 22.9 Å². The zero-order valence-electron chi connectivity index (χ0n) is 11.2. The van der Waals surface area contributed by atoms with Crippen LogP contribution in [-0.4, -0.2) is 19.5 Å². The van der Waals surface area contributed by atoms with Crippen LogP contribution >= 0.6 is 11.3 Å². The number of hydrogen-bond donors (Lipinski definition) is 2. The molecule has 0 bridgehead atoms. The smallest absolute Gasteiger partial charge is 0.253 e. The normalized spacial score (nSPS) is 10.2. The fourth-order valence-corrected chi connectivity index (χ4v) is 2.62. The number of rotatable bonds is 5. The maximum absolute atomic E-state index is 12.1. The Kier molecular flexibility index (Phi) is 4.58. The molecule has 0 radical (unpaired) electrons. The molecular formula is C15H18N2OS. The number of nitrogens with one attached hydrogen (secondary N) is 2. The number of amides is 1. The van der Waals surface area contributed by atoms with E-state index in [1.807, 2.05) is 38.2 Å². The lowest BCUT2D eigenvalue weighted by Crippen LogP contribution is -2.26. The van der Waals surface area contributed by atoms with Crippen molar-refractivity contribution in [3.05, 3.63) is 51.7 Å². The molecule has 3 nitrogen and oxygen atoms in total. The molecule has 0 aliphatic carbocycles. The van der Waals surface area contributed by atoms with E-state index in [0.717, 1.165) is 17.7 Å². The van der Waals surface area contributed by atoms with Crippen LogP contribution in [-0.2, 0) is 6.42 Å². The maximum Gasteiger partial charge on any atom is 0.253 e. The van der Waals surface area contributed by atoms with Crippen molar-refractivity contribution in [2.24, 2.45) is 0 Å². The number of hydrogen-bond acceptors (Lipinski definition) is 3. The molecule has 2 N–H and O–H groups in total. The molecule has 19 heavy (non-hydrogen) atoms. The summed E-state index contributed by atoms with van der Waals surface area (Å²) < 4.78 is 0. The molecule has 0 aliphatic rings. The van der Waals surface area contributed by atoms with E-state index in [1.54, 1.807) is 11.3 Å². The molecule has 1 aromatic carbocycles. The lowest BCUT2D eigenvalue weighted by molar-refractivity contribution is 0.0955. The minimum Gasteiger partial charge on any atom is -0.387 e. The first-order valence-electron chi connectivity index (χ1n) is 6.29. The summed E-state index contributed by atoms with van der Waals surface area (Å²) in [6.45, 7) is 2.68. The van der Waals surface area contributed by atoms with Gasteiger partial charge in [-0.2, -0.15) is 0 Å². The van der Waals surface area contributed by atoms with Crippen molar-refractivity contribution in [2.75, 3.05) is 18.9 Å². The largest absolute Gasteiger partial charge is 0.387 e. The summed E-state index contributed by atoms with van der Waals surface area (Å²) in [5, 5.41) is 8.07. The topological polar surface area (TPSA) is 41.1 Å². The van der Waals surface area contributed by atoms with Crippen molar-refractivity contribution in [3.63, 3.8) is 0 Å². The van der Waals surface area contributed by atoms with Crippen LogP contribution in [0.3, 0.4) is 0 Å². The number of aryl methyl sites for hydroxylation is 1. The fourth-order valence-electron chi connectivity index (χ4n) is 1.91. The minimum absolute atomic E-state index is 0.0269. The standard InChI is InChI=1S/C15H18N2OS/c1-11-5-6-13(14(10-11)16-2)15(18)17-8-7-12-4-3-9-19-12/h3-6,9-10,16H,7-8H2,1-2H3,(H,17,18). The maximum atomic E-state index is 12.1. The molecule has 0 fully saturated rings. The van der Waals surface area contributed by atoms with Gasteiger partial charge in [0, 0.05) is 24.2 Å². The van der Waals surface area contributed by atoms with Gasteiger partial charge in [-0.25, -0.2) is 0 Å². The number of anilines is 1. The second-order valence-corrected chi connectivity index (χ2v) is 5.42. The second-order valence-electron chi connectivity index (χ2n) is 4.38. The van der Waals surface area contributed by atoms with E-state index in [4.69, 9.17) is 0 Å². The van der Waals surface area contributed by atoms with Crippen LogP contribution in [0.25, 0.3) is 0 Å². The molecule has 1 heterocycles. The lowest BCUT2D eigenvalue weighted by atomic mass is 10.1. The molecule has 2 rings (SSSR count). The van der Waals surface area contributed by atoms with Crippen molar-refractivity contribution in [2.45, 2.75) is 13.3 Å². The highest BCUT2D eigenvalue weighted by Gasteiger charge is 2.10. The third kappa shape index (κ3) is 3.58. The van der Waals surface area contributed by atoms with Crippen molar-refractivity contribution in [1.29, 1.82) is 0 Å². The summed E-state index contributed by atoms with van der Waals surface area (Å²) in [5.74, 6) is -0.0269. The summed E-state index contributed by atoms with van der Waals surface area (Å²) in [7, 11) is 1.83. The molecule has 1 aromatic heterocycles. The average Bonchev–Trinajstić information content (AvgIpc) is 2.91. The number of benzene rings is 1. The molecule has 0 aliphatic heterocycles. The van der Waals surface area contributed by atoms with Gasteiger partial charge in [-0.1, -0.05) is 12.1 Å². The van der Waals surface area contributed by atoms with Gasteiger partial charge in [0.15, 0.2) is 0 Å². The van der Waals surface area contributed by atoms with Gasteiger partial charge < -0.3 is 10.6 Å². The third-order valence-electron chi connectivity index (χ3n) is 2.93. The molecular weight excluding hydrogens is 256 g/mol. The highest BCUT2D eigenvalue weighted by atomic mass is 32.1. The van der Waals surface area contributed by atoms with E-state index in [-0.39, 0.29) is 5.91 Å². The highest BCUT2D eigenvalue weighted by molar-refractivity contribution is 7.09. The van der Waals surface area contributed by atoms with Crippen molar-refractivity contribution < 1.29 is 4.79 Å². The molecule has 0 spiro atoms. The Bertz CT molecular complexity index is 549. The van der Waals surface area contributed by atoms with Gasteiger partial charge in [-0.05, 0) is 42.5 Å². The van der Waals surface area contributed by atoms with E-state index in [9.17, 15) is 4.79 Å². The fraction of sp³-hybridized carbons (Fsp3) is 0.267. The predicted octanol–water partition coefficient (Wildman–Crippen LogP) is 3.07. The Hall–Kier alpha value is -1.81. The number of thiophene rings is 1. The van der Waals surface area contributed by atoms with Gasteiger partial charge in [0.05, 0.1) is 5.56 Å². The summed E-state index contributed by atoms with van der Waals surface area (Å²) in [4.78, 5) is 13.4.